The van der Waals surface area contributed by atoms with Crippen molar-refractivity contribution in [2.45, 2.75) is 20.4 Å². The maximum atomic E-state index is 5.55. The monoisotopic (exact) mass is 248 g/mol. The summed E-state index contributed by atoms with van der Waals surface area (Å²) in [4.78, 5) is 4.42. The molecule has 0 amide bonds. The normalized spacial score (nSPS) is 10.2. The topological polar surface area (TPSA) is 34.1 Å². The van der Waals surface area contributed by atoms with Crippen LogP contribution in [0.15, 0.2) is 29.6 Å². The fourth-order valence-corrected chi connectivity index (χ4v) is 2.26. The van der Waals surface area contributed by atoms with Crippen LogP contribution in [0.3, 0.4) is 0 Å². The maximum Gasteiger partial charge on any atom is 0.142 e. The first-order valence-corrected chi connectivity index (χ1v) is 6.54. The van der Waals surface area contributed by atoms with E-state index in [9.17, 15) is 0 Å². The van der Waals surface area contributed by atoms with Gasteiger partial charge in [0.25, 0.3) is 0 Å². The van der Waals surface area contributed by atoms with Gasteiger partial charge in [-0.15, -0.1) is 11.3 Å². The molecular weight excluding hydrogens is 232 g/mol. The lowest BCUT2D eigenvalue weighted by atomic mass is 10.3. The van der Waals surface area contributed by atoms with Crippen molar-refractivity contribution in [3.05, 3.63) is 40.3 Å². The average Bonchev–Trinajstić information content (AvgIpc) is 2.74. The number of nitrogens with zero attached hydrogens (tertiary/aromatic N) is 1. The lowest BCUT2D eigenvalue weighted by Gasteiger charge is -2.10. The SMILES string of the molecule is CCOc1ccccc1NCc1nc(C)cs1. The highest BCUT2D eigenvalue weighted by Gasteiger charge is 2.03. The number of ether oxygens (including phenoxy) is 1. The van der Waals surface area contributed by atoms with Gasteiger partial charge in [-0.1, -0.05) is 12.1 Å². The molecule has 0 atom stereocenters. The summed E-state index contributed by atoms with van der Waals surface area (Å²) in [5.74, 6) is 0.892. The van der Waals surface area contributed by atoms with Gasteiger partial charge in [0.2, 0.25) is 0 Å². The molecular formula is C13H16N2OS. The van der Waals surface area contributed by atoms with Crippen molar-refractivity contribution in [2.24, 2.45) is 0 Å². The van der Waals surface area contributed by atoms with Gasteiger partial charge in [-0.05, 0) is 26.0 Å². The smallest absolute Gasteiger partial charge is 0.142 e. The van der Waals surface area contributed by atoms with Crippen molar-refractivity contribution in [1.82, 2.24) is 4.98 Å². The Kier molecular flexibility index (Phi) is 3.98. The van der Waals surface area contributed by atoms with Crippen LogP contribution in [-0.4, -0.2) is 11.6 Å². The third kappa shape index (κ3) is 3.20. The zero-order valence-electron chi connectivity index (χ0n) is 10.1. The summed E-state index contributed by atoms with van der Waals surface area (Å²) in [5, 5.41) is 6.50. The molecule has 0 fully saturated rings. The first kappa shape index (κ1) is 11.9. The van der Waals surface area contributed by atoms with Gasteiger partial charge in [-0.25, -0.2) is 4.98 Å². The van der Waals surface area contributed by atoms with E-state index in [1.54, 1.807) is 11.3 Å². The number of hydrogen-bond donors (Lipinski definition) is 1. The second-order valence-corrected chi connectivity index (χ2v) is 4.61. The Balaban J connectivity index is 2.03. The predicted octanol–water partition coefficient (Wildman–Crippen LogP) is 3.46. The fourth-order valence-electron chi connectivity index (χ4n) is 1.55. The molecule has 2 aromatic rings. The van der Waals surface area contributed by atoms with Crippen LogP contribution in [0.5, 0.6) is 5.75 Å². The average molecular weight is 248 g/mol. The van der Waals surface area contributed by atoms with E-state index in [2.05, 4.69) is 15.7 Å². The Labute approximate surface area is 105 Å². The molecule has 0 saturated carbocycles. The summed E-state index contributed by atoms with van der Waals surface area (Å²) in [5.41, 5.74) is 2.09. The number of thiazole rings is 1. The number of hydrogen-bond acceptors (Lipinski definition) is 4. The van der Waals surface area contributed by atoms with Gasteiger partial charge in [-0.2, -0.15) is 0 Å². The highest BCUT2D eigenvalue weighted by Crippen LogP contribution is 2.24. The van der Waals surface area contributed by atoms with Crippen molar-refractivity contribution >= 4 is 17.0 Å². The fraction of sp³-hybridized carbons (Fsp3) is 0.308. The molecule has 0 aliphatic heterocycles. The number of rotatable bonds is 5. The molecule has 17 heavy (non-hydrogen) atoms. The maximum absolute atomic E-state index is 5.55. The van der Waals surface area contributed by atoms with E-state index in [0.717, 1.165) is 28.7 Å². The van der Waals surface area contributed by atoms with E-state index in [1.165, 1.54) is 0 Å². The summed E-state index contributed by atoms with van der Waals surface area (Å²) >= 11 is 1.67. The van der Waals surface area contributed by atoms with Crippen LogP contribution >= 0.6 is 11.3 Å². The molecule has 0 bridgehead atoms. The number of anilines is 1. The van der Waals surface area contributed by atoms with Gasteiger partial charge in [0.1, 0.15) is 10.8 Å². The molecule has 0 aliphatic carbocycles. The van der Waals surface area contributed by atoms with E-state index in [0.29, 0.717) is 6.61 Å². The highest BCUT2D eigenvalue weighted by molar-refractivity contribution is 7.09. The minimum Gasteiger partial charge on any atom is -0.492 e. The van der Waals surface area contributed by atoms with Crippen LogP contribution in [0.1, 0.15) is 17.6 Å². The number of nitrogens with one attached hydrogen (secondary N) is 1. The third-order valence-corrected chi connectivity index (χ3v) is 3.25. The summed E-state index contributed by atoms with van der Waals surface area (Å²) in [6.45, 7) is 5.41. The summed E-state index contributed by atoms with van der Waals surface area (Å²) < 4.78 is 5.55. The minimum absolute atomic E-state index is 0.676. The summed E-state index contributed by atoms with van der Waals surface area (Å²) in [7, 11) is 0. The lowest BCUT2D eigenvalue weighted by Crippen LogP contribution is -2.02. The van der Waals surface area contributed by atoms with Crippen molar-refractivity contribution in [1.29, 1.82) is 0 Å². The van der Waals surface area contributed by atoms with Crippen LogP contribution in [-0.2, 0) is 6.54 Å². The van der Waals surface area contributed by atoms with Crippen LogP contribution < -0.4 is 10.1 Å². The molecule has 0 unspecified atom stereocenters. The summed E-state index contributed by atoms with van der Waals surface area (Å²) in [6.07, 6.45) is 0. The largest absolute Gasteiger partial charge is 0.492 e. The Hall–Kier alpha value is -1.55. The minimum atomic E-state index is 0.676. The van der Waals surface area contributed by atoms with Crippen molar-refractivity contribution in [3.63, 3.8) is 0 Å². The Morgan fingerprint density at radius 2 is 2.18 bits per heavy atom. The molecule has 1 aromatic carbocycles. The molecule has 0 radical (unpaired) electrons. The standard InChI is InChI=1S/C13H16N2OS/c1-3-16-12-7-5-4-6-11(12)14-8-13-15-10(2)9-17-13/h4-7,9,14H,3,8H2,1-2H3. The zero-order valence-corrected chi connectivity index (χ0v) is 10.9. The number of aromatic nitrogens is 1. The van der Waals surface area contributed by atoms with Gasteiger partial charge >= 0.3 is 0 Å². The third-order valence-electron chi connectivity index (χ3n) is 2.28. The Bertz CT molecular complexity index is 482. The Morgan fingerprint density at radius 3 is 2.88 bits per heavy atom. The van der Waals surface area contributed by atoms with Gasteiger partial charge in [0.05, 0.1) is 18.8 Å². The predicted molar refractivity (Wildman–Crippen MR) is 71.8 cm³/mol. The first-order valence-electron chi connectivity index (χ1n) is 5.66. The second-order valence-electron chi connectivity index (χ2n) is 3.67. The molecule has 90 valence electrons. The van der Waals surface area contributed by atoms with Crippen molar-refractivity contribution in [2.75, 3.05) is 11.9 Å². The second kappa shape index (κ2) is 5.68. The molecule has 1 N–H and O–H groups in total. The van der Waals surface area contributed by atoms with E-state index in [-0.39, 0.29) is 0 Å². The lowest BCUT2D eigenvalue weighted by molar-refractivity contribution is 0.341. The van der Waals surface area contributed by atoms with Crippen LogP contribution in [0.2, 0.25) is 0 Å². The number of aryl methyl sites for hydroxylation is 1. The summed E-state index contributed by atoms with van der Waals surface area (Å²) in [6, 6.07) is 7.96. The van der Waals surface area contributed by atoms with Gasteiger partial charge in [-0.3, -0.25) is 0 Å². The van der Waals surface area contributed by atoms with E-state index >= 15 is 0 Å². The Morgan fingerprint density at radius 1 is 1.35 bits per heavy atom. The molecule has 1 heterocycles. The first-order chi connectivity index (χ1) is 8.29. The quantitative estimate of drug-likeness (QED) is 0.879. The van der Waals surface area contributed by atoms with Crippen molar-refractivity contribution < 1.29 is 4.74 Å². The van der Waals surface area contributed by atoms with Gasteiger partial charge < -0.3 is 10.1 Å². The zero-order chi connectivity index (χ0) is 12.1. The van der Waals surface area contributed by atoms with Gasteiger partial charge in [0, 0.05) is 11.1 Å². The molecule has 0 saturated heterocycles. The molecule has 0 spiro atoms. The van der Waals surface area contributed by atoms with E-state index in [1.807, 2.05) is 38.1 Å². The molecule has 3 nitrogen and oxygen atoms in total. The van der Waals surface area contributed by atoms with Gasteiger partial charge in [0.15, 0.2) is 0 Å². The molecule has 2 rings (SSSR count). The molecule has 1 aromatic heterocycles. The van der Waals surface area contributed by atoms with Crippen LogP contribution in [0.4, 0.5) is 5.69 Å². The highest BCUT2D eigenvalue weighted by atomic mass is 32.1. The number of para-hydroxylation sites is 2. The van der Waals surface area contributed by atoms with E-state index in [4.69, 9.17) is 4.74 Å². The van der Waals surface area contributed by atoms with Crippen molar-refractivity contribution in [3.8, 4) is 5.75 Å². The van der Waals surface area contributed by atoms with Crippen LogP contribution in [0, 0.1) is 6.92 Å². The van der Waals surface area contributed by atoms with E-state index < -0.39 is 0 Å². The number of benzene rings is 1. The molecule has 4 heteroatoms. The molecule has 0 aliphatic rings. The van der Waals surface area contributed by atoms with Crippen LogP contribution in [0.25, 0.3) is 0 Å².